The van der Waals surface area contributed by atoms with Crippen molar-refractivity contribution in [2.24, 2.45) is 5.11 Å². The van der Waals surface area contributed by atoms with Gasteiger partial charge < -0.3 is 4.98 Å². The van der Waals surface area contributed by atoms with Crippen LogP contribution in [0.15, 0.2) is 48.0 Å². The Morgan fingerprint density at radius 1 is 1.33 bits per heavy atom. The summed E-state index contributed by atoms with van der Waals surface area (Å²) >= 11 is 0. The van der Waals surface area contributed by atoms with E-state index in [0.717, 1.165) is 23.2 Å². The Hall–Kier alpha value is -2.52. The van der Waals surface area contributed by atoms with Gasteiger partial charge in [0.15, 0.2) is 0 Å². The largest absolute Gasteiger partial charge is 0.345 e. The second kappa shape index (κ2) is 6.27. The molecule has 0 aliphatic carbocycles. The molecule has 1 aromatic heterocycles. The van der Waals surface area contributed by atoms with E-state index in [0.29, 0.717) is 6.54 Å². The van der Waals surface area contributed by atoms with E-state index in [1.807, 2.05) is 36.4 Å². The number of rotatable bonds is 5. The number of azide groups is 1. The van der Waals surface area contributed by atoms with Gasteiger partial charge >= 0.3 is 0 Å². The molecular formula is C13H13N5. The van der Waals surface area contributed by atoms with Crippen LogP contribution in [0.4, 0.5) is 0 Å². The van der Waals surface area contributed by atoms with Crippen LogP contribution >= 0.6 is 0 Å². The third-order valence-electron chi connectivity index (χ3n) is 2.49. The summed E-state index contributed by atoms with van der Waals surface area (Å²) in [5.41, 5.74) is 11.4. The predicted octanol–water partition coefficient (Wildman–Crippen LogP) is 3.79. The van der Waals surface area contributed by atoms with Crippen LogP contribution in [0.2, 0.25) is 0 Å². The van der Waals surface area contributed by atoms with Gasteiger partial charge in [-0.2, -0.15) is 0 Å². The van der Waals surface area contributed by atoms with Gasteiger partial charge in [-0.25, -0.2) is 4.98 Å². The molecule has 0 spiro atoms. The average molecular weight is 239 g/mol. The molecule has 0 bridgehead atoms. The average Bonchev–Trinajstić information content (AvgIpc) is 2.93. The highest BCUT2D eigenvalue weighted by molar-refractivity contribution is 5.61. The number of imidazole rings is 1. The standard InChI is InChI=1S/C13H13N5/c14-18-17-8-2-1-3-11-4-6-12(7-5-11)13-9-15-10-16-13/h1,3-7,9-10H,2,8H2,(H,15,16). The molecule has 5 nitrogen and oxygen atoms in total. The van der Waals surface area contributed by atoms with E-state index in [9.17, 15) is 0 Å². The third kappa shape index (κ3) is 3.23. The number of aromatic amines is 1. The Morgan fingerprint density at radius 2 is 2.17 bits per heavy atom. The summed E-state index contributed by atoms with van der Waals surface area (Å²) in [6.45, 7) is 0.499. The fraction of sp³-hybridized carbons (Fsp3) is 0.154. The van der Waals surface area contributed by atoms with E-state index in [-0.39, 0.29) is 0 Å². The third-order valence-corrected chi connectivity index (χ3v) is 2.49. The van der Waals surface area contributed by atoms with Crippen molar-refractivity contribution in [3.05, 3.63) is 58.9 Å². The minimum atomic E-state index is 0.499. The normalized spacial score (nSPS) is 10.4. The monoisotopic (exact) mass is 239 g/mol. The highest BCUT2D eigenvalue weighted by Gasteiger charge is 1.97. The van der Waals surface area contributed by atoms with Gasteiger partial charge in [-0.1, -0.05) is 41.5 Å². The summed E-state index contributed by atoms with van der Waals surface area (Å²) in [4.78, 5) is 9.76. The number of benzene rings is 1. The van der Waals surface area contributed by atoms with Crippen LogP contribution in [-0.2, 0) is 0 Å². The number of nitrogens with one attached hydrogen (secondary N) is 1. The van der Waals surface area contributed by atoms with Gasteiger partial charge in [-0.05, 0) is 23.1 Å². The van der Waals surface area contributed by atoms with Gasteiger partial charge in [0.2, 0.25) is 0 Å². The van der Waals surface area contributed by atoms with Crippen LogP contribution < -0.4 is 0 Å². The molecule has 0 atom stereocenters. The molecule has 18 heavy (non-hydrogen) atoms. The maximum atomic E-state index is 8.13. The van der Waals surface area contributed by atoms with Crippen molar-refractivity contribution in [1.82, 2.24) is 9.97 Å². The van der Waals surface area contributed by atoms with Crippen LogP contribution in [0, 0.1) is 0 Å². The molecule has 0 radical (unpaired) electrons. The van der Waals surface area contributed by atoms with Crippen LogP contribution in [0.1, 0.15) is 12.0 Å². The summed E-state index contributed by atoms with van der Waals surface area (Å²) in [5, 5.41) is 3.47. The molecule has 0 unspecified atom stereocenters. The molecule has 1 heterocycles. The summed E-state index contributed by atoms with van der Waals surface area (Å²) < 4.78 is 0. The van der Waals surface area contributed by atoms with Gasteiger partial charge in [0.25, 0.3) is 0 Å². The first-order chi connectivity index (χ1) is 8.90. The molecular weight excluding hydrogens is 226 g/mol. The van der Waals surface area contributed by atoms with Crippen LogP contribution in [0.5, 0.6) is 0 Å². The highest BCUT2D eigenvalue weighted by Crippen LogP contribution is 2.17. The summed E-state index contributed by atoms with van der Waals surface area (Å²) in [6, 6.07) is 8.17. The van der Waals surface area contributed by atoms with Crippen LogP contribution in [0.3, 0.4) is 0 Å². The van der Waals surface area contributed by atoms with Crippen molar-refractivity contribution in [1.29, 1.82) is 0 Å². The molecule has 1 aromatic carbocycles. The molecule has 2 rings (SSSR count). The summed E-state index contributed by atoms with van der Waals surface area (Å²) in [6.07, 6.45) is 8.24. The van der Waals surface area contributed by atoms with E-state index in [4.69, 9.17) is 5.53 Å². The zero-order valence-electron chi connectivity index (χ0n) is 9.82. The highest BCUT2D eigenvalue weighted by atomic mass is 15.1. The Bertz CT molecular complexity index is 548. The van der Waals surface area contributed by atoms with E-state index in [1.165, 1.54) is 0 Å². The fourth-order valence-corrected chi connectivity index (χ4v) is 1.58. The van der Waals surface area contributed by atoms with Gasteiger partial charge in [0.05, 0.1) is 18.2 Å². The lowest BCUT2D eigenvalue weighted by atomic mass is 10.1. The smallest absolute Gasteiger partial charge is 0.0924 e. The molecule has 0 aliphatic heterocycles. The second-order valence-corrected chi connectivity index (χ2v) is 3.73. The number of aromatic nitrogens is 2. The molecule has 90 valence electrons. The predicted molar refractivity (Wildman–Crippen MR) is 71.7 cm³/mol. The van der Waals surface area contributed by atoms with Crippen molar-refractivity contribution >= 4 is 6.08 Å². The fourth-order valence-electron chi connectivity index (χ4n) is 1.58. The second-order valence-electron chi connectivity index (χ2n) is 3.73. The maximum absolute atomic E-state index is 8.13. The molecule has 0 saturated carbocycles. The van der Waals surface area contributed by atoms with Gasteiger partial charge in [0.1, 0.15) is 0 Å². The van der Waals surface area contributed by atoms with Crippen molar-refractivity contribution in [2.45, 2.75) is 6.42 Å². The van der Waals surface area contributed by atoms with Crippen molar-refractivity contribution in [3.63, 3.8) is 0 Å². The molecule has 0 saturated heterocycles. The van der Waals surface area contributed by atoms with E-state index in [1.54, 1.807) is 12.5 Å². The first-order valence-electron chi connectivity index (χ1n) is 5.66. The van der Waals surface area contributed by atoms with Crippen molar-refractivity contribution in [3.8, 4) is 11.3 Å². The Kier molecular flexibility index (Phi) is 4.16. The van der Waals surface area contributed by atoms with E-state index >= 15 is 0 Å². The number of H-pyrrole nitrogens is 1. The van der Waals surface area contributed by atoms with Crippen molar-refractivity contribution in [2.75, 3.05) is 6.54 Å². The minimum Gasteiger partial charge on any atom is -0.345 e. The van der Waals surface area contributed by atoms with E-state index in [2.05, 4.69) is 20.0 Å². The van der Waals surface area contributed by atoms with Crippen LogP contribution in [-0.4, -0.2) is 16.5 Å². The van der Waals surface area contributed by atoms with Crippen molar-refractivity contribution < 1.29 is 0 Å². The number of hydrogen-bond donors (Lipinski definition) is 1. The zero-order chi connectivity index (χ0) is 12.6. The molecule has 0 amide bonds. The summed E-state index contributed by atoms with van der Waals surface area (Å²) in [7, 11) is 0. The topological polar surface area (TPSA) is 77.4 Å². The zero-order valence-corrected chi connectivity index (χ0v) is 9.82. The lowest BCUT2D eigenvalue weighted by Gasteiger charge is -1.98. The van der Waals surface area contributed by atoms with Gasteiger partial charge in [-0.3, -0.25) is 0 Å². The lowest BCUT2D eigenvalue weighted by molar-refractivity contribution is 0.996. The number of nitrogens with zero attached hydrogens (tertiary/aromatic N) is 4. The maximum Gasteiger partial charge on any atom is 0.0924 e. The first kappa shape index (κ1) is 12.0. The minimum absolute atomic E-state index is 0.499. The molecule has 0 fully saturated rings. The first-order valence-corrected chi connectivity index (χ1v) is 5.66. The Balaban J connectivity index is 1.97. The Labute approximate surface area is 105 Å². The van der Waals surface area contributed by atoms with Crippen LogP contribution in [0.25, 0.3) is 27.8 Å². The molecule has 2 aromatic rings. The quantitative estimate of drug-likeness (QED) is 0.366. The van der Waals surface area contributed by atoms with Gasteiger partial charge in [-0.15, -0.1) is 0 Å². The van der Waals surface area contributed by atoms with E-state index < -0.39 is 0 Å². The molecule has 0 aliphatic rings. The summed E-state index contributed by atoms with van der Waals surface area (Å²) in [5.74, 6) is 0. The van der Waals surface area contributed by atoms with Gasteiger partial charge in [0, 0.05) is 11.5 Å². The lowest BCUT2D eigenvalue weighted by Crippen LogP contribution is -1.78. The Morgan fingerprint density at radius 3 is 2.83 bits per heavy atom. The SMILES string of the molecule is [N-]=[N+]=NCCC=Cc1ccc(-c2cnc[nH]2)cc1. The number of hydrogen-bond acceptors (Lipinski definition) is 2. The molecule has 1 N–H and O–H groups in total. The molecule has 5 heteroatoms.